The highest BCUT2D eigenvalue weighted by Crippen LogP contribution is 2.21. The van der Waals surface area contributed by atoms with Gasteiger partial charge in [0.25, 0.3) is 5.89 Å². The minimum Gasteiger partial charge on any atom is -0.497 e. The number of methoxy groups -OCH3 is 1. The van der Waals surface area contributed by atoms with E-state index in [0.717, 1.165) is 10.0 Å². The summed E-state index contributed by atoms with van der Waals surface area (Å²) < 4.78 is 16.3. The van der Waals surface area contributed by atoms with Crippen molar-refractivity contribution in [3.8, 4) is 17.1 Å². The number of carbonyl (C=O) groups is 1. The third-order valence-electron chi connectivity index (χ3n) is 3.18. The van der Waals surface area contributed by atoms with Gasteiger partial charge in [-0.05, 0) is 30.3 Å². The molecule has 2 aromatic carbocycles. The summed E-state index contributed by atoms with van der Waals surface area (Å²) in [5.41, 5.74) is 1.19. The van der Waals surface area contributed by atoms with E-state index < -0.39 is 5.97 Å². The van der Waals surface area contributed by atoms with Crippen LogP contribution in [-0.4, -0.2) is 23.2 Å². The number of hydrogen-bond donors (Lipinski definition) is 0. The van der Waals surface area contributed by atoms with Gasteiger partial charge in [0.15, 0.2) is 6.61 Å². The molecule has 0 saturated heterocycles. The van der Waals surface area contributed by atoms with Crippen molar-refractivity contribution in [3.63, 3.8) is 0 Å². The van der Waals surface area contributed by atoms with E-state index in [1.54, 1.807) is 31.4 Å². The molecule has 6 nitrogen and oxygen atoms in total. The smallest absolute Gasteiger partial charge is 0.338 e. The van der Waals surface area contributed by atoms with Crippen LogP contribution >= 0.6 is 15.9 Å². The van der Waals surface area contributed by atoms with Gasteiger partial charge in [-0.15, -0.1) is 0 Å². The van der Waals surface area contributed by atoms with Crippen LogP contribution in [0.4, 0.5) is 0 Å². The molecule has 7 heteroatoms. The molecule has 0 atom stereocenters. The van der Waals surface area contributed by atoms with Crippen molar-refractivity contribution < 1.29 is 18.8 Å². The van der Waals surface area contributed by atoms with Crippen molar-refractivity contribution in [3.05, 3.63) is 64.5 Å². The van der Waals surface area contributed by atoms with E-state index in [1.807, 2.05) is 24.3 Å². The monoisotopic (exact) mass is 388 g/mol. The molecule has 3 aromatic rings. The van der Waals surface area contributed by atoms with Crippen LogP contribution in [0.15, 0.2) is 57.5 Å². The highest BCUT2D eigenvalue weighted by Gasteiger charge is 2.13. The molecule has 3 rings (SSSR count). The van der Waals surface area contributed by atoms with Gasteiger partial charge in [-0.2, -0.15) is 4.98 Å². The summed E-state index contributed by atoms with van der Waals surface area (Å²) >= 11 is 3.31. The molecule has 0 saturated carbocycles. The lowest BCUT2D eigenvalue weighted by Gasteiger charge is -2.02. The second kappa shape index (κ2) is 7.27. The van der Waals surface area contributed by atoms with Crippen molar-refractivity contribution in [1.82, 2.24) is 10.1 Å². The molecule has 0 aliphatic rings. The Morgan fingerprint density at radius 3 is 2.83 bits per heavy atom. The number of rotatable bonds is 5. The Kier molecular flexibility index (Phi) is 4.90. The van der Waals surface area contributed by atoms with Crippen LogP contribution in [0.25, 0.3) is 11.4 Å². The van der Waals surface area contributed by atoms with Gasteiger partial charge < -0.3 is 14.0 Å². The molecule has 0 fully saturated rings. The maximum Gasteiger partial charge on any atom is 0.338 e. The third kappa shape index (κ3) is 3.80. The summed E-state index contributed by atoms with van der Waals surface area (Å²) in [5, 5.41) is 3.89. The van der Waals surface area contributed by atoms with Crippen molar-refractivity contribution in [1.29, 1.82) is 0 Å². The SMILES string of the molecule is COc1cccc(-c2noc(COC(=O)c3cccc(Br)c3)n2)c1. The Labute approximate surface area is 146 Å². The normalized spacial score (nSPS) is 10.4. The van der Waals surface area contributed by atoms with Crippen molar-refractivity contribution >= 4 is 21.9 Å². The molecule has 1 heterocycles. The van der Waals surface area contributed by atoms with Crippen LogP contribution in [0.3, 0.4) is 0 Å². The first kappa shape index (κ1) is 16.2. The second-order valence-electron chi connectivity index (χ2n) is 4.83. The molecule has 0 bridgehead atoms. The topological polar surface area (TPSA) is 74.5 Å². The van der Waals surface area contributed by atoms with E-state index in [0.29, 0.717) is 17.1 Å². The molecule has 0 N–H and O–H groups in total. The Morgan fingerprint density at radius 1 is 1.21 bits per heavy atom. The minimum atomic E-state index is -0.461. The van der Waals surface area contributed by atoms with E-state index in [-0.39, 0.29) is 12.5 Å². The molecule has 0 radical (unpaired) electrons. The molecular weight excluding hydrogens is 376 g/mol. The van der Waals surface area contributed by atoms with Crippen LogP contribution in [-0.2, 0) is 11.3 Å². The third-order valence-corrected chi connectivity index (χ3v) is 3.68. The fraction of sp³-hybridized carbons (Fsp3) is 0.118. The molecule has 0 spiro atoms. The summed E-state index contributed by atoms with van der Waals surface area (Å²) in [6.07, 6.45) is 0. The Balaban J connectivity index is 1.67. The zero-order valence-corrected chi connectivity index (χ0v) is 14.3. The van der Waals surface area contributed by atoms with Gasteiger partial charge in [0.1, 0.15) is 5.75 Å². The number of benzene rings is 2. The summed E-state index contributed by atoms with van der Waals surface area (Å²) in [4.78, 5) is 16.2. The Hall–Kier alpha value is -2.67. The summed E-state index contributed by atoms with van der Waals surface area (Å²) in [6, 6.07) is 14.2. The quantitative estimate of drug-likeness (QED) is 0.617. The van der Waals surface area contributed by atoms with Gasteiger partial charge in [0.2, 0.25) is 5.82 Å². The molecule has 1 aromatic heterocycles. The van der Waals surface area contributed by atoms with Gasteiger partial charge in [-0.1, -0.05) is 39.3 Å². The van der Waals surface area contributed by atoms with E-state index in [1.165, 1.54) is 0 Å². The standard InChI is InChI=1S/C17H13BrN2O4/c1-22-14-7-3-4-11(9-14)16-19-15(24-20-16)10-23-17(21)12-5-2-6-13(18)8-12/h2-9H,10H2,1H3. The first-order chi connectivity index (χ1) is 11.7. The average Bonchev–Trinajstić information content (AvgIpc) is 3.09. The number of hydrogen-bond acceptors (Lipinski definition) is 6. The van der Waals surface area contributed by atoms with Gasteiger partial charge in [-0.3, -0.25) is 0 Å². The Morgan fingerprint density at radius 2 is 2.04 bits per heavy atom. The second-order valence-corrected chi connectivity index (χ2v) is 5.75. The number of halogens is 1. The van der Waals surface area contributed by atoms with E-state index in [9.17, 15) is 4.79 Å². The lowest BCUT2D eigenvalue weighted by atomic mass is 10.2. The molecule has 24 heavy (non-hydrogen) atoms. The van der Waals surface area contributed by atoms with E-state index in [4.69, 9.17) is 14.0 Å². The molecule has 0 amide bonds. The van der Waals surface area contributed by atoms with Crippen molar-refractivity contribution in [2.45, 2.75) is 6.61 Å². The summed E-state index contributed by atoms with van der Waals surface area (Å²) in [5.74, 6) is 0.857. The number of esters is 1. The molecule has 0 unspecified atom stereocenters. The van der Waals surface area contributed by atoms with Crippen LogP contribution in [0.1, 0.15) is 16.2 Å². The Bertz CT molecular complexity index is 863. The van der Waals surface area contributed by atoms with Crippen molar-refractivity contribution in [2.75, 3.05) is 7.11 Å². The number of ether oxygens (including phenoxy) is 2. The van der Waals surface area contributed by atoms with Gasteiger partial charge in [0.05, 0.1) is 12.7 Å². The predicted octanol–water partition coefficient (Wildman–Crippen LogP) is 3.86. The summed E-state index contributed by atoms with van der Waals surface area (Å²) in [7, 11) is 1.59. The zero-order valence-electron chi connectivity index (χ0n) is 12.7. The number of carbonyl (C=O) groups excluding carboxylic acids is 1. The molecule has 122 valence electrons. The minimum absolute atomic E-state index is 0.0949. The van der Waals surface area contributed by atoms with Crippen LogP contribution in [0.5, 0.6) is 5.75 Å². The fourth-order valence-corrected chi connectivity index (χ4v) is 2.42. The molecule has 0 aliphatic carbocycles. The first-order valence-corrected chi connectivity index (χ1v) is 7.85. The molecular formula is C17H13BrN2O4. The number of nitrogens with zero attached hydrogens (tertiary/aromatic N) is 2. The first-order valence-electron chi connectivity index (χ1n) is 7.05. The van der Waals surface area contributed by atoms with Gasteiger partial charge in [-0.25, -0.2) is 4.79 Å². The van der Waals surface area contributed by atoms with Crippen LogP contribution in [0.2, 0.25) is 0 Å². The summed E-state index contributed by atoms with van der Waals surface area (Å²) in [6.45, 7) is -0.0949. The van der Waals surface area contributed by atoms with E-state index in [2.05, 4.69) is 26.1 Å². The van der Waals surface area contributed by atoms with Crippen LogP contribution < -0.4 is 4.74 Å². The zero-order chi connectivity index (χ0) is 16.9. The molecule has 0 aliphatic heterocycles. The van der Waals surface area contributed by atoms with Gasteiger partial charge >= 0.3 is 5.97 Å². The average molecular weight is 389 g/mol. The van der Waals surface area contributed by atoms with Gasteiger partial charge in [0, 0.05) is 10.0 Å². The lowest BCUT2D eigenvalue weighted by molar-refractivity contribution is 0.0429. The van der Waals surface area contributed by atoms with Crippen LogP contribution in [0, 0.1) is 0 Å². The fourth-order valence-electron chi connectivity index (χ4n) is 2.02. The number of aromatic nitrogens is 2. The lowest BCUT2D eigenvalue weighted by Crippen LogP contribution is -2.05. The maximum absolute atomic E-state index is 12.0. The highest BCUT2D eigenvalue weighted by atomic mass is 79.9. The maximum atomic E-state index is 12.0. The van der Waals surface area contributed by atoms with E-state index >= 15 is 0 Å². The largest absolute Gasteiger partial charge is 0.497 e. The highest BCUT2D eigenvalue weighted by molar-refractivity contribution is 9.10. The van der Waals surface area contributed by atoms with Crippen molar-refractivity contribution in [2.24, 2.45) is 0 Å². The predicted molar refractivity (Wildman–Crippen MR) is 89.5 cm³/mol.